The van der Waals surface area contributed by atoms with E-state index in [-0.39, 0.29) is 20.1 Å². The minimum absolute atomic E-state index is 0. The Morgan fingerprint density at radius 2 is 1.41 bits per heavy atom. The number of hydrogen-bond acceptors (Lipinski definition) is 2. The molecule has 6 rings (SSSR count). The molecule has 0 aliphatic heterocycles. The Kier molecular flexibility index (Phi) is 10.9. The molecule has 1 atom stereocenters. The van der Waals surface area contributed by atoms with Gasteiger partial charge in [0.2, 0.25) is 0 Å². The fraction of sp³-hybridized carbons (Fsp3) is 0.105. The van der Waals surface area contributed by atoms with Crippen molar-refractivity contribution in [1.82, 2.24) is 9.97 Å². The molecule has 0 saturated heterocycles. The predicted molar refractivity (Wildman–Crippen MR) is 165 cm³/mol. The summed E-state index contributed by atoms with van der Waals surface area (Å²) in [5.74, 6) is 0.310. The Balaban J connectivity index is 0.000000185. The minimum Gasteiger partial charge on any atom is -0.305 e. The van der Waals surface area contributed by atoms with E-state index in [1.807, 2.05) is 60.9 Å². The van der Waals surface area contributed by atoms with E-state index in [0.717, 1.165) is 28.9 Å². The van der Waals surface area contributed by atoms with Gasteiger partial charge in [0.1, 0.15) is 0 Å². The summed E-state index contributed by atoms with van der Waals surface area (Å²) in [4.78, 5) is 9.01. The summed E-state index contributed by atoms with van der Waals surface area (Å²) in [6.07, 6.45) is 4.65. The standard InChI is InChI=1S/C20H18N.C18H14N.Ir/c1-15-10-12-18(13-11-15)20-19(9-6-14-21-20)16(2)17-7-4-3-5-8-17;1-3-7-15(8-4-1)13-16-11-12-19-18(14-16)17-9-5-2-6-10-17;/h3-12,14,16H,1-2H3;1-9,11-12,14H,13H2;/q2*-1;. The van der Waals surface area contributed by atoms with E-state index in [0.29, 0.717) is 5.92 Å². The van der Waals surface area contributed by atoms with Gasteiger partial charge in [-0.3, -0.25) is 0 Å². The number of hydrogen-bond donors (Lipinski definition) is 0. The van der Waals surface area contributed by atoms with Crippen molar-refractivity contribution in [1.29, 1.82) is 0 Å². The molecular weight excluding hydrogens is 677 g/mol. The van der Waals surface area contributed by atoms with Crippen molar-refractivity contribution >= 4 is 0 Å². The molecule has 0 aliphatic carbocycles. The second-order valence-corrected chi connectivity index (χ2v) is 9.84. The smallest absolute Gasteiger partial charge is 0.0163 e. The van der Waals surface area contributed by atoms with Gasteiger partial charge >= 0.3 is 0 Å². The van der Waals surface area contributed by atoms with Crippen molar-refractivity contribution in [2.24, 2.45) is 0 Å². The fourth-order valence-electron chi connectivity index (χ4n) is 4.68. The zero-order chi connectivity index (χ0) is 27.6. The van der Waals surface area contributed by atoms with Gasteiger partial charge in [-0.15, -0.1) is 71.3 Å². The van der Waals surface area contributed by atoms with Crippen LogP contribution in [0.25, 0.3) is 22.5 Å². The van der Waals surface area contributed by atoms with Gasteiger partial charge in [-0.2, -0.15) is 0 Å². The molecule has 0 N–H and O–H groups in total. The van der Waals surface area contributed by atoms with Crippen LogP contribution in [0, 0.1) is 19.1 Å². The first-order chi connectivity index (χ1) is 19.7. The van der Waals surface area contributed by atoms with Crippen molar-refractivity contribution < 1.29 is 20.1 Å². The summed E-state index contributed by atoms with van der Waals surface area (Å²) in [5, 5.41) is 0. The Labute approximate surface area is 257 Å². The van der Waals surface area contributed by atoms with Crippen LogP contribution in [0.5, 0.6) is 0 Å². The van der Waals surface area contributed by atoms with Crippen LogP contribution < -0.4 is 0 Å². The quantitative estimate of drug-likeness (QED) is 0.161. The zero-order valence-corrected chi connectivity index (χ0v) is 25.7. The van der Waals surface area contributed by atoms with E-state index in [9.17, 15) is 0 Å². The molecule has 1 unspecified atom stereocenters. The summed E-state index contributed by atoms with van der Waals surface area (Å²) in [7, 11) is 0. The normalized spacial score (nSPS) is 11.0. The Morgan fingerprint density at radius 3 is 2.12 bits per heavy atom. The molecule has 0 saturated carbocycles. The SMILES string of the molecule is Cc1c[c-]c(-c2ncccc2C(C)c2ccccc2)cc1.[Ir].[c-]1ccccc1-c1cc(Cc2ccccc2)ccn1. The average molecular weight is 709 g/mol. The molecule has 1 radical (unpaired) electrons. The monoisotopic (exact) mass is 709 g/mol. The van der Waals surface area contributed by atoms with Gasteiger partial charge in [-0.05, 0) is 52.5 Å². The number of benzene rings is 4. The second-order valence-electron chi connectivity index (χ2n) is 9.84. The second kappa shape index (κ2) is 15.0. The van der Waals surface area contributed by atoms with E-state index in [1.54, 1.807) is 0 Å². The van der Waals surface area contributed by atoms with Gasteiger partial charge in [-0.1, -0.05) is 92.2 Å². The Morgan fingerprint density at radius 1 is 0.659 bits per heavy atom. The van der Waals surface area contributed by atoms with Gasteiger partial charge in [-0.25, -0.2) is 0 Å². The molecule has 0 fully saturated rings. The molecule has 3 heteroatoms. The van der Waals surface area contributed by atoms with Crippen LogP contribution in [0.2, 0.25) is 0 Å². The molecule has 0 spiro atoms. The number of pyridine rings is 2. The summed E-state index contributed by atoms with van der Waals surface area (Å²) < 4.78 is 0. The van der Waals surface area contributed by atoms with Crippen LogP contribution in [0.4, 0.5) is 0 Å². The summed E-state index contributed by atoms with van der Waals surface area (Å²) in [6, 6.07) is 50.1. The molecule has 2 heterocycles. The van der Waals surface area contributed by atoms with E-state index in [2.05, 4.69) is 115 Å². The summed E-state index contributed by atoms with van der Waals surface area (Å²) in [5.41, 5.74) is 10.4. The van der Waals surface area contributed by atoms with Crippen molar-refractivity contribution in [2.75, 3.05) is 0 Å². The molecule has 0 amide bonds. The molecule has 2 nitrogen and oxygen atoms in total. The third kappa shape index (κ3) is 8.17. The predicted octanol–water partition coefficient (Wildman–Crippen LogP) is 9.15. The maximum absolute atomic E-state index is 4.59. The van der Waals surface area contributed by atoms with Crippen molar-refractivity contribution in [3.63, 3.8) is 0 Å². The zero-order valence-electron chi connectivity index (χ0n) is 23.3. The first-order valence-corrected chi connectivity index (χ1v) is 13.6. The van der Waals surface area contributed by atoms with Crippen LogP contribution >= 0.6 is 0 Å². The van der Waals surface area contributed by atoms with Gasteiger partial charge in [0.25, 0.3) is 0 Å². The van der Waals surface area contributed by atoms with E-state index < -0.39 is 0 Å². The van der Waals surface area contributed by atoms with Gasteiger partial charge in [0, 0.05) is 32.5 Å². The van der Waals surface area contributed by atoms with E-state index in [1.165, 1.54) is 27.8 Å². The van der Waals surface area contributed by atoms with Crippen molar-refractivity contribution in [2.45, 2.75) is 26.2 Å². The average Bonchev–Trinajstić information content (AvgIpc) is 3.03. The molecule has 0 bridgehead atoms. The summed E-state index contributed by atoms with van der Waals surface area (Å²) in [6.45, 7) is 4.30. The fourth-order valence-corrected chi connectivity index (χ4v) is 4.68. The number of aromatic nitrogens is 2. The van der Waals surface area contributed by atoms with Gasteiger partial charge in [0.05, 0.1) is 0 Å². The maximum Gasteiger partial charge on any atom is 0.0163 e. The van der Waals surface area contributed by atoms with Crippen LogP contribution in [0.3, 0.4) is 0 Å². The first kappa shape index (κ1) is 29.8. The van der Waals surface area contributed by atoms with Crippen LogP contribution in [-0.2, 0) is 26.5 Å². The number of aryl methyl sites for hydroxylation is 1. The Hall–Kier alpha value is -4.17. The molecule has 205 valence electrons. The molecule has 0 aliphatic rings. The number of nitrogens with zero attached hydrogens (tertiary/aromatic N) is 2. The topological polar surface area (TPSA) is 25.8 Å². The Bertz CT molecular complexity index is 1620. The maximum atomic E-state index is 4.59. The van der Waals surface area contributed by atoms with Crippen molar-refractivity contribution in [3.05, 3.63) is 180 Å². The molecule has 41 heavy (non-hydrogen) atoms. The first-order valence-electron chi connectivity index (χ1n) is 13.6. The third-order valence-electron chi connectivity index (χ3n) is 6.89. The van der Waals surface area contributed by atoms with Crippen molar-refractivity contribution in [3.8, 4) is 22.5 Å². The number of rotatable bonds is 6. The third-order valence-corrected chi connectivity index (χ3v) is 6.89. The van der Waals surface area contributed by atoms with Gasteiger partial charge < -0.3 is 9.97 Å². The molecule has 6 aromatic rings. The summed E-state index contributed by atoms with van der Waals surface area (Å²) >= 11 is 0. The van der Waals surface area contributed by atoms with Gasteiger partial charge in [0.15, 0.2) is 0 Å². The molecular formula is C38H32IrN2-2. The van der Waals surface area contributed by atoms with E-state index >= 15 is 0 Å². The van der Waals surface area contributed by atoms with E-state index in [4.69, 9.17) is 0 Å². The molecule has 2 aromatic heterocycles. The molecule has 4 aromatic carbocycles. The van der Waals surface area contributed by atoms with Crippen LogP contribution in [0.1, 0.15) is 40.7 Å². The van der Waals surface area contributed by atoms with Crippen LogP contribution in [0.15, 0.2) is 140 Å². The largest absolute Gasteiger partial charge is 0.305 e. The minimum atomic E-state index is 0. The van der Waals surface area contributed by atoms with Crippen LogP contribution in [-0.4, -0.2) is 9.97 Å².